The maximum atomic E-state index is 13.4. The molecule has 2 aromatic carbocycles. The molecule has 2 N–H and O–H groups in total. The molecule has 1 aliphatic heterocycles. The lowest BCUT2D eigenvalue weighted by Gasteiger charge is -2.38. The number of nitrogens with zero attached hydrogens (tertiary/aromatic N) is 3. The lowest BCUT2D eigenvalue weighted by molar-refractivity contribution is -0.153. The van der Waals surface area contributed by atoms with E-state index in [0.717, 1.165) is 45.8 Å². The summed E-state index contributed by atoms with van der Waals surface area (Å²) in [6, 6.07) is 18.0. The van der Waals surface area contributed by atoms with Gasteiger partial charge in [-0.1, -0.05) is 61.9 Å². The van der Waals surface area contributed by atoms with Gasteiger partial charge in [-0.25, -0.2) is 18.4 Å². The van der Waals surface area contributed by atoms with Gasteiger partial charge in [0, 0.05) is 49.3 Å². The van der Waals surface area contributed by atoms with Crippen LogP contribution in [-0.4, -0.2) is 71.6 Å². The van der Waals surface area contributed by atoms with Gasteiger partial charge < -0.3 is 15.3 Å². The number of carboxylic acid groups (broad SMARTS) is 1. The fourth-order valence-corrected chi connectivity index (χ4v) is 8.44. The molecule has 12 heteroatoms. The highest BCUT2D eigenvalue weighted by molar-refractivity contribution is 7.92. The predicted octanol–water partition coefficient (Wildman–Crippen LogP) is 5.84. The average Bonchev–Trinajstić information content (AvgIpc) is 3.60. The molecule has 10 nitrogen and oxygen atoms in total. The smallest absolute Gasteiger partial charge is 0.310 e. The average molecular weight is 701 g/mol. The molecule has 4 aromatic rings. The summed E-state index contributed by atoms with van der Waals surface area (Å²) < 4.78 is 23.9. The van der Waals surface area contributed by atoms with Crippen molar-refractivity contribution in [1.29, 1.82) is 0 Å². The molecule has 1 saturated carbocycles. The summed E-state index contributed by atoms with van der Waals surface area (Å²) in [6.45, 7) is 2.42. The second kappa shape index (κ2) is 14.6. The molecule has 3 heterocycles. The zero-order valence-corrected chi connectivity index (χ0v) is 29.2. The number of hydrogen-bond acceptors (Lipinski definition) is 8. The summed E-state index contributed by atoms with van der Waals surface area (Å²) in [4.78, 5) is 48.6. The van der Waals surface area contributed by atoms with Crippen LogP contribution in [-0.2, 0) is 25.8 Å². The Labute approximate surface area is 290 Å². The number of benzene rings is 2. The predicted molar refractivity (Wildman–Crippen MR) is 188 cm³/mol. The van der Waals surface area contributed by atoms with E-state index < -0.39 is 39.6 Å². The van der Waals surface area contributed by atoms with Crippen LogP contribution in [0.15, 0.2) is 77.3 Å². The third-order valence-electron chi connectivity index (χ3n) is 9.76. The van der Waals surface area contributed by atoms with Crippen LogP contribution in [0.1, 0.15) is 65.7 Å². The topological polar surface area (TPSA) is 147 Å². The first kappa shape index (κ1) is 34.4. The number of thiophene rings is 1. The standard InChI is InChI=1S/C37H40N4O6S2/c1-3-23-4-8-25(9-5-23)26-12-14-27(15-13-26)29-19-38-34(39-20-29)28-10-6-24(7-11-28)18-31(36(43)41-21-30(22-41)37(44)45)40-35(42)32-16-17-33(48-32)49(2,46)47/h6-7,10-17,19-20,23,25,30-31H,3-5,8-9,18,21-22H2,1-2H3,(H,40,42)(H,44,45)/t23-,25-,31-/m0/s1. The van der Waals surface area contributed by atoms with Crippen molar-refractivity contribution >= 4 is 39.0 Å². The highest BCUT2D eigenvalue weighted by Crippen LogP contribution is 2.37. The third kappa shape index (κ3) is 8.08. The molecule has 0 radical (unpaired) electrons. The number of nitrogens with one attached hydrogen (secondary N) is 1. The van der Waals surface area contributed by atoms with E-state index in [2.05, 4.69) is 46.5 Å². The summed E-state index contributed by atoms with van der Waals surface area (Å²) in [7, 11) is -3.49. The van der Waals surface area contributed by atoms with Crippen molar-refractivity contribution in [3.05, 3.63) is 89.1 Å². The molecule has 1 aliphatic carbocycles. The Kier molecular flexibility index (Phi) is 10.3. The first-order chi connectivity index (χ1) is 23.5. The number of aliphatic carboxylic acids is 1. The number of rotatable bonds is 11. The summed E-state index contributed by atoms with van der Waals surface area (Å²) in [5.41, 5.74) is 4.96. The molecular formula is C37H40N4O6S2. The Balaban J connectivity index is 1.12. The number of carboxylic acids is 1. The van der Waals surface area contributed by atoms with Gasteiger partial charge in [-0.05, 0) is 66.3 Å². The first-order valence-corrected chi connectivity index (χ1v) is 19.3. The van der Waals surface area contributed by atoms with Crippen LogP contribution in [0.3, 0.4) is 0 Å². The van der Waals surface area contributed by atoms with Gasteiger partial charge in [0.1, 0.15) is 10.3 Å². The highest BCUT2D eigenvalue weighted by Gasteiger charge is 2.39. The summed E-state index contributed by atoms with van der Waals surface area (Å²) in [6.07, 6.45) is 11.3. The van der Waals surface area contributed by atoms with Crippen LogP contribution in [0.2, 0.25) is 0 Å². The maximum Gasteiger partial charge on any atom is 0.310 e. The zero-order valence-electron chi connectivity index (χ0n) is 27.5. The SMILES string of the molecule is CC[C@H]1CC[C@H](c2ccc(-c3cnc(-c4ccc(C[C@H](NC(=O)c5ccc(S(C)(=O)=O)s5)C(=O)N5CC(C(=O)O)C5)cc4)nc3)cc2)CC1. The van der Waals surface area contributed by atoms with E-state index in [4.69, 9.17) is 0 Å². The second-order valence-corrected chi connectivity index (χ2v) is 16.5. The molecule has 6 rings (SSSR count). The summed E-state index contributed by atoms with van der Waals surface area (Å²) in [5.74, 6) is -0.522. The molecule has 0 spiro atoms. The zero-order chi connectivity index (χ0) is 34.7. The maximum absolute atomic E-state index is 13.4. The molecule has 2 aliphatic rings. The van der Waals surface area contributed by atoms with E-state index in [1.807, 2.05) is 36.7 Å². The van der Waals surface area contributed by atoms with Crippen LogP contribution in [0, 0.1) is 11.8 Å². The van der Waals surface area contributed by atoms with Gasteiger partial charge in [0.05, 0.1) is 10.8 Å². The van der Waals surface area contributed by atoms with Crippen molar-refractivity contribution in [2.75, 3.05) is 19.3 Å². The van der Waals surface area contributed by atoms with Crippen molar-refractivity contribution in [3.63, 3.8) is 0 Å². The largest absolute Gasteiger partial charge is 0.481 e. The van der Waals surface area contributed by atoms with E-state index in [-0.39, 0.29) is 28.6 Å². The number of aromatic nitrogens is 2. The molecule has 256 valence electrons. The van der Waals surface area contributed by atoms with Gasteiger partial charge in [-0.2, -0.15) is 0 Å². The molecular weight excluding hydrogens is 661 g/mol. The lowest BCUT2D eigenvalue weighted by Crippen LogP contribution is -2.59. The van der Waals surface area contributed by atoms with E-state index in [9.17, 15) is 27.9 Å². The Morgan fingerprint density at radius 2 is 1.53 bits per heavy atom. The van der Waals surface area contributed by atoms with Crippen LogP contribution in [0.5, 0.6) is 0 Å². The fraction of sp³-hybridized carbons (Fsp3) is 0.378. The van der Waals surface area contributed by atoms with Crippen LogP contribution < -0.4 is 5.32 Å². The molecule has 2 aromatic heterocycles. The van der Waals surface area contributed by atoms with E-state index in [1.54, 1.807) is 0 Å². The Bertz CT molecular complexity index is 1910. The minimum Gasteiger partial charge on any atom is -0.481 e. The molecule has 0 unspecified atom stereocenters. The van der Waals surface area contributed by atoms with Gasteiger partial charge in [-0.3, -0.25) is 14.4 Å². The molecule has 49 heavy (non-hydrogen) atoms. The van der Waals surface area contributed by atoms with Crippen molar-refractivity contribution in [2.45, 2.75) is 61.6 Å². The van der Waals surface area contributed by atoms with Crippen molar-refractivity contribution in [2.24, 2.45) is 11.8 Å². The lowest BCUT2D eigenvalue weighted by atomic mass is 9.78. The molecule has 1 atom stereocenters. The second-order valence-electron chi connectivity index (χ2n) is 13.1. The number of likely N-dealkylation sites (tertiary alicyclic amines) is 1. The molecule has 2 amide bonds. The van der Waals surface area contributed by atoms with Crippen LogP contribution in [0.4, 0.5) is 0 Å². The number of sulfone groups is 1. The van der Waals surface area contributed by atoms with Gasteiger partial charge >= 0.3 is 5.97 Å². The van der Waals surface area contributed by atoms with Gasteiger partial charge in [-0.15, -0.1) is 11.3 Å². The Morgan fingerprint density at radius 1 is 0.898 bits per heavy atom. The first-order valence-electron chi connectivity index (χ1n) is 16.6. The van der Waals surface area contributed by atoms with Gasteiger partial charge in [0.2, 0.25) is 5.91 Å². The van der Waals surface area contributed by atoms with Crippen LogP contribution in [0.25, 0.3) is 22.5 Å². The normalized spacial score (nSPS) is 18.8. The Morgan fingerprint density at radius 3 is 2.10 bits per heavy atom. The van der Waals surface area contributed by atoms with E-state index in [0.29, 0.717) is 11.7 Å². The Hall–Kier alpha value is -4.42. The molecule has 1 saturated heterocycles. The van der Waals surface area contributed by atoms with Crippen molar-refractivity contribution < 1.29 is 27.9 Å². The van der Waals surface area contributed by atoms with Crippen LogP contribution >= 0.6 is 11.3 Å². The quantitative estimate of drug-likeness (QED) is 0.198. The van der Waals surface area contributed by atoms with Gasteiger partial charge in [0.25, 0.3) is 5.91 Å². The number of carbonyl (C=O) groups is 3. The minimum absolute atomic E-state index is 0.0519. The number of amides is 2. The summed E-state index contributed by atoms with van der Waals surface area (Å²) in [5, 5.41) is 12.0. The fourth-order valence-electron chi connectivity index (χ4n) is 6.61. The van der Waals surface area contributed by atoms with Crippen molar-refractivity contribution in [1.82, 2.24) is 20.2 Å². The minimum atomic E-state index is -3.49. The van der Waals surface area contributed by atoms with E-state index in [1.165, 1.54) is 54.7 Å². The molecule has 0 bridgehead atoms. The number of carbonyl (C=O) groups excluding carboxylic acids is 2. The number of hydrogen-bond donors (Lipinski definition) is 2. The third-order valence-corrected chi connectivity index (χ3v) is 12.7. The summed E-state index contributed by atoms with van der Waals surface area (Å²) >= 11 is 0.830. The monoisotopic (exact) mass is 700 g/mol. The molecule has 2 fully saturated rings. The highest BCUT2D eigenvalue weighted by atomic mass is 32.2. The van der Waals surface area contributed by atoms with E-state index >= 15 is 0 Å². The van der Waals surface area contributed by atoms with Gasteiger partial charge in [0.15, 0.2) is 15.7 Å². The van der Waals surface area contributed by atoms with Crippen molar-refractivity contribution in [3.8, 4) is 22.5 Å².